The fourth-order valence-electron chi connectivity index (χ4n) is 2.60. The average Bonchev–Trinajstić information content (AvgIpc) is 2.70. The lowest BCUT2D eigenvalue weighted by Gasteiger charge is -2.30. The van der Waals surface area contributed by atoms with Gasteiger partial charge in [-0.3, -0.25) is 9.59 Å². The van der Waals surface area contributed by atoms with Crippen LogP contribution in [0, 0.1) is 5.92 Å². The van der Waals surface area contributed by atoms with E-state index in [1.807, 2.05) is 38.1 Å². The van der Waals surface area contributed by atoms with Crippen molar-refractivity contribution in [1.29, 1.82) is 0 Å². The zero-order valence-corrected chi connectivity index (χ0v) is 16.7. The molecule has 0 saturated carbocycles. The maximum Gasteiger partial charge on any atom is 0.310 e. The molecule has 6 nitrogen and oxygen atoms in total. The normalized spacial score (nSPS) is 13.2. The van der Waals surface area contributed by atoms with Crippen LogP contribution in [0.2, 0.25) is 0 Å². The summed E-state index contributed by atoms with van der Waals surface area (Å²) in [7, 11) is 1.32. The Morgan fingerprint density at radius 1 is 1.22 bits per heavy atom. The van der Waals surface area contributed by atoms with Crippen molar-refractivity contribution in [2.75, 3.05) is 26.9 Å². The van der Waals surface area contributed by atoms with Gasteiger partial charge in [0.25, 0.3) is 0 Å². The summed E-state index contributed by atoms with van der Waals surface area (Å²) in [6.07, 6.45) is 4.71. The van der Waals surface area contributed by atoms with Crippen molar-refractivity contribution >= 4 is 18.0 Å². The zero-order valence-electron chi connectivity index (χ0n) is 16.7. The van der Waals surface area contributed by atoms with Gasteiger partial charge >= 0.3 is 5.97 Å². The van der Waals surface area contributed by atoms with E-state index < -0.39 is 5.92 Å². The molecule has 1 rings (SSSR count). The molecule has 0 radical (unpaired) electrons. The van der Waals surface area contributed by atoms with Crippen molar-refractivity contribution in [3.05, 3.63) is 35.9 Å². The second kappa shape index (κ2) is 12.1. The highest BCUT2D eigenvalue weighted by molar-refractivity contribution is 5.92. The Hall–Kier alpha value is -2.34. The SMILES string of the molecule is CCCOc1ccc(/C=C/C(=O)N(CC(C)C(=O)OC)C(CC)CO)cc1. The third-order valence-electron chi connectivity index (χ3n) is 4.25. The minimum absolute atomic E-state index is 0.159. The van der Waals surface area contributed by atoms with Crippen molar-refractivity contribution in [2.24, 2.45) is 5.92 Å². The number of amides is 1. The molecule has 2 atom stereocenters. The highest BCUT2D eigenvalue weighted by Crippen LogP contribution is 2.15. The molecule has 2 unspecified atom stereocenters. The first kappa shape index (κ1) is 22.7. The number of rotatable bonds is 11. The number of esters is 1. The Labute approximate surface area is 161 Å². The summed E-state index contributed by atoms with van der Waals surface area (Å²) in [5, 5.41) is 9.59. The van der Waals surface area contributed by atoms with Gasteiger partial charge < -0.3 is 19.5 Å². The largest absolute Gasteiger partial charge is 0.494 e. The lowest BCUT2D eigenvalue weighted by molar-refractivity contribution is -0.146. The first-order chi connectivity index (χ1) is 13.0. The fourth-order valence-corrected chi connectivity index (χ4v) is 2.60. The number of nitrogens with zero attached hydrogens (tertiary/aromatic N) is 1. The van der Waals surface area contributed by atoms with E-state index in [9.17, 15) is 14.7 Å². The summed E-state index contributed by atoms with van der Waals surface area (Å²) < 4.78 is 10.3. The number of aliphatic hydroxyl groups excluding tert-OH is 1. The Morgan fingerprint density at radius 2 is 1.89 bits per heavy atom. The van der Waals surface area contributed by atoms with Crippen LogP contribution in [-0.4, -0.2) is 54.8 Å². The van der Waals surface area contributed by atoms with E-state index in [0.717, 1.165) is 17.7 Å². The Balaban J connectivity index is 2.84. The van der Waals surface area contributed by atoms with E-state index in [4.69, 9.17) is 9.47 Å². The molecule has 6 heteroatoms. The smallest absolute Gasteiger partial charge is 0.310 e. The molecule has 0 aliphatic heterocycles. The first-order valence-electron chi connectivity index (χ1n) is 9.36. The van der Waals surface area contributed by atoms with Crippen LogP contribution in [0.25, 0.3) is 6.08 Å². The van der Waals surface area contributed by atoms with Crippen LogP contribution in [0.5, 0.6) is 5.75 Å². The minimum atomic E-state index is -0.469. The van der Waals surface area contributed by atoms with Crippen LogP contribution in [-0.2, 0) is 14.3 Å². The van der Waals surface area contributed by atoms with Crippen LogP contribution in [0.15, 0.2) is 30.3 Å². The molecule has 0 heterocycles. The summed E-state index contributed by atoms with van der Waals surface area (Å²) >= 11 is 0. The quantitative estimate of drug-likeness (QED) is 0.474. The van der Waals surface area contributed by atoms with Gasteiger partial charge in [0, 0.05) is 12.6 Å². The number of benzene rings is 1. The third kappa shape index (κ3) is 7.43. The van der Waals surface area contributed by atoms with Crippen LogP contribution in [0.4, 0.5) is 0 Å². The van der Waals surface area contributed by atoms with Crippen molar-refractivity contribution in [2.45, 2.75) is 39.7 Å². The molecule has 1 N–H and O–H groups in total. The van der Waals surface area contributed by atoms with Crippen molar-refractivity contribution in [1.82, 2.24) is 4.90 Å². The van der Waals surface area contributed by atoms with E-state index in [2.05, 4.69) is 0 Å². The van der Waals surface area contributed by atoms with Crippen LogP contribution < -0.4 is 4.74 Å². The first-order valence-corrected chi connectivity index (χ1v) is 9.36. The molecule has 1 amide bonds. The van der Waals surface area contributed by atoms with Crippen LogP contribution in [0.1, 0.15) is 39.2 Å². The summed E-state index contributed by atoms with van der Waals surface area (Å²) in [6, 6.07) is 7.12. The second-order valence-electron chi connectivity index (χ2n) is 6.41. The monoisotopic (exact) mass is 377 g/mol. The number of hydrogen-bond acceptors (Lipinski definition) is 5. The Bertz CT molecular complexity index is 608. The van der Waals surface area contributed by atoms with Gasteiger partial charge in [-0.15, -0.1) is 0 Å². The second-order valence-corrected chi connectivity index (χ2v) is 6.41. The highest BCUT2D eigenvalue weighted by Gasteiger charge is 2.25. The lowest BCUT2D eigenvalue weighted by atomic mass is 10.1. The van der Waals surface area contributed by atoms with Gasteiger partial charge in [-0.2, -0.15) is 0 Å². The molecule has 0 aromatic heterocycles. The van der Waals surface area contributed by atoms with Gasteiger partial charge in [0.1, 0.15) is 5.75 Å². The van der Waals surface area contributed by atoms with Gasteiger partial charge in [-0.05, 0) is 36.6 Å². The Kier molecular flexibility index (Phi) is 10.2. The highest BCUT2D eigenvalue weighted by atomic mass is 16.5. The minimum Gasteiger partial charge on any atom is -0.494 e. The molecule has 0 spiro atoms. The van der Waals surface area contributed by atoms with Crippen molar-refractivity contribution in [3.8, 4) is 5.75 Å². The molecular weight excluding hydrogens is 346 g/mol. The third-order valence-corrected chi connectivity index (χ3v) is 4.25. The molecule has 150 valence electrons. The maximum atomic E-state index is 12.7. The van der Waals surface area contributed by atoms with Crippen molar-refractivity contribution < 1.29 is 24.2 Å². The zero-order chi connectivity index (χ0) is 20.2. The molecule has 27 heavy (non-hydrogen) atoms. The predicted octanol–water partition coefficient (Wildman–Crippen LogP) is 2.90. The standard InChI is InChI=1S/C21H31NO5/c1-5-13-27-19-10-7-17(8-11-19)9-12-20(24)22(18(6-2)15-23)14-16(3)21(25)26-4/h7-12,16,18,23H,5-6,13-15H2,1-4H3/b12-9+. The molecule has 0 fully saturated rings. The number of aliphatic hydroxyl groups is 1. The number of carbonyl (C=O) groups excluding carboxylic acids is 2. The summed E-state index contributed by atoms with van der Waals surface area (Å²) in [5.74, 6) is -0.312. The fraction of sp³-hybridized carbons (Fsp3) is 0.524. The molecular formula is C21H31NO5. The predicted molar refractivity (Wildman–Crippen MR) is 105 cm³/mol. The topological polar surface area (TPSA) is 76.1 Å². The van der Waals surface area contributed by atoms with Gasteiger partial charge in [0.2, 0.25) is 5.91 Å². The summed E-state index contributed by atoms with van der Waals surface area (Å²) in [6.45, 7) is 6.34. The molecule has 0 bridgehead atoms. The number of carbonyl (C=O) groups is 2. The number of ether oxygens (including phenoxy) is 2. The van der Waals surface area contributed by atoms with Crippen LogP contribution >= 0.6 is 0 Å². The van der Waals surface area contributed by atoms with E-state index >= 15 is 0 Å². The maximum absolute atomic E-state index is 12.7. The number of hydrogen-bond donors (Lipinski definition) is 1. The molecule has 1 aromatic carbocycles. The van der Waals surface area contributed by atoms with Crippen LogP contribution in [0.3, 0.4) is 0 Å². The molecule has 1 aromatic rings. The van der Waals surface area contributed by atoms with Gasteiger partial charge in [-0.1, -0.05) is 32.9 Å². The summed E-state index contributed by atoms with van der Waals surface area (Å²) in [4.78, 5) is 25.9. The van der Waals surface area contributed by atoms with E-state index in [-0.39, 0.29) is 31.1 Å². The van der Waals surface area contributed by atoms with Gasteiger partial charge in [0.05, 0.1) is 32.3 Å². The average molecular weight is 377 g/mol. The van der Waals surface area contributed by atoms with Crippen molar-refractivity contribution in [3.63, 3.8) is 0 Å². The lowest BCUT2D eigenvalue weighted by Crippen LogP contribution is -2.45. The Morgan fingerprint density at radius 3 is 2.41 bits per heavy atom. The summed E-state index contributed by atoms with van der Waals surface area (Å²) in [5.41, 5.74) is 0.866. The molecule has 0 aliphatic carbocycles. The number of methoxy groups -OCH3 is 1. The van der Waals surface area contributed by atoms with Gasteiger partial charge in [0.15, 0.2) is 0 Å². The van der Waals surface area contributed by atoms with E-state index in [0.29, 0.717) is 13.0 Å². The van der Waals surface area contributed by atoms with Gasteiger partial charge in [-0.25, -0.2) is 0 Å². The van der Waals surface area contributed by atoms with E-state index in [1.165, 1.54) is 18.1 Å². The molecule has 0 aliphatic rings. The van der Waals surface area contributed by atoms with E-state index in [1.54, 1.807) is 13.0 Å². The molecule has 0 saturated heterocycles.